The van der Waals surface area contributed by atoms with Gasteiger partial charge in [0, 0.05) is 26.8 Å². The van der Waals surface area contributed by atoms with Gasteiger partial charge in [0.1, 0.15) is 0 Å². The van der Waals surface area contributed by atoms with Gasteiger partial charge in [0.25, 0.3) is 0 Å². The van der Waals surface area contributed by atoms with Gasteiger partial charge in [-0.15, -0.1) is 0 Å². The average molecular weight is 245 g/mol. The first-order chi connectivity index (χ1) is 8.33. The number of ether oxygens (including phenoxy) is 2. The minimum Gasteiger partial charge on any atom is -0.389 e. The maximum absolute atomic E-state index is 9.65. The molecule has 1 aliphatic carbocycles. The van der Waals surface area contributed by atoms with Crippen LogP contribution in [-0.2, 0) is 9.47 Å². The Labute approximate surface area is 105 Å². The van der Waals surface area contributed by atoms with Gasteiger partial charge < -0.3 is 19.9 Å². The zero-order valence-corrected chi connectivity index (χ0v) is 11.0. The van der Waals surface area contributed by atoms with Gasteiger partial charge >= 0.3 is 0 Å². The number of nitrogens with one attached hydrogen (secondary N) is 1. The molecule has 4 nitrogen and oxygen atoms in total. The van der Waals surface area contributed by atoms with Crippen LogP contribution in [0.2, 0.25) is 0 Å². The van der Waals surface area contributed by atoms with Crippen molar-refractivity contribution in [2.24, 2.45) is 5.92 Å². The Morgan fingerprint density at radius 3 is 2.76 bits per heavy atom. The topological polar surface area (TPSA) is 50.7 Å². The first-order valence-electron chi connectivity index (χ1n) is 6.78. The highest BCUT2D eigenvalue weighted by atomic mass is 16.5. The fourth-order valence-electron chi connectivity index (χ4n) is 2.23. The molecule has 102 valence electrons. The van der Waals surface area contributed by atoms with Gasteiger partial charge in [-0.3, -0.25) is 0 Å². The molecule has 0 amide bonds. The van der Waals surface area contributed by atoms with E-state index < -0.39 is 6.10 Å². The third-order valence-electron chi connectivity index (χ3n) is 3.25. The van der Waals surface area contributed by atoms with Crippen LogP contribution in [0.1, 0.15) is 32.1 Å². The number of hydrogen-bond donors (Lipinski definition) is 2. The fourth-order valence-corrected chi connectivity index (χ4v) is 2.23. The summed E-state index contributed by atoms with van der Waals surface area (Å²) in [7, 11) is 1.67. The summed E-state index contributed by atoms with van der Waals surface area (Å²) in [6.45, 7) is 3.28. The van der Waals surface area contributed by atoms with Gasteiger partial charge in [-0.1, -0.05) is 19.3 Å². The number of aliphatic hydroxyl groups is 1. The minimum atomic E-state index is -0.407. The van der Waals surface area contributed by atoms with Crippen LogP contribution in [0.5, 0.6) is 0 Å². The van der Waals surface area contributed by atoms with Crippen LogP contribution in [0.25, 0.3) is 0 Å². The molecule has 1 fully saturated rings. The summed E-state index contributed by atoms with van der Waals surface area (Å²) in [4.78, 5) is 0. The van der Waals surface area contributed by atoms with Crippen molar-refractivity contribution >= 4 is 0 Å². The summed E-state index contributed by atoms with van der Waals surface area (Å²) in [5.74, 6) is 0.720. The summed E-state index contributed by atoms with van der Waals surface area (Å²) >= 11 is 0. The Morgan fingerprint density at radius 1 is 1.29 bits per heavy atom. The molecule has 0 aromatic carbocycles. The molecule has 1 aliphatic rings. The van der Waals surface area contributed by atoms with Crippen LogP contribution in [-0.4, -0.2) is 51.2 Å². The van der Waals surface area contributed by atoms with E-state index in [0.717, 1.165) is 19.1 Å². The molecule has 2 N–H and O–H groups in total. The lowest BCUT2D eigenvalue weighted by atomic mass is 9.90. The van der Waals surface area contributed by atoms with Gasteiger partial charge in [0.15, 0.2) is 0 Å². The normalized spacial score (nSPS) is 19.4. The molecule has 0 aliphatic heterocycles. The average Bonchev–Trinajstić information content (AvgIpc) is 2.36. The van der Waals surface area contributed by atoms with Crippen molar-refractivity contribution in [2.75, 3.05) is 40.0 Å². The molecule has 1 rings (SSSR count). The Balaban J connectivity index is 1.90. The minimum absolute atomic E-state index is 0.407. The maximum Gasteiger partial charge on any atom is 0.0897 e. The lowest BCUT2D eigenvalue weighted by Gasteiger charge is -2.22. The van der Waals surface area contributed by atoms with Crippen LogP contribution in [0, 0.1) is 5.92 Å². The Kier molecular flexibility index (Phi) is 8.61. The van der Waals surface area contributed by atoms with Crippen LogP contribution in [0.15, 0.2) is 0 Å². The van der Waals surface area contributed by atoms with Crippen molar-refractivity contribution in [2.45, 2.75) is 38.2 Å². The van der Waals surface area contributed by atoms with Crippen molar-refractivity contribution in [1.82, 2.24) is 5.32 Å². The molecule has 0 saturated heterocycles. The van der Waals surface area contributed by atoms with Crippen LogP contribution in [0.4, 0.5) is 0 Å². The molecule has 0 heterocycles. The summed E-state index contributed by atoms with van der Waals surface area (Å²) in [6, 6.07) is 0. The Bertz CT molecular complexity index is 172. The molecule has 0 radical (unpaired) electrons. The second-order valence-corrected chi connectivity index (χ2v) is 4.89. The van der Waals surface area contributed by atoms with Crippen molar-refractivity contribution in [1.29, 1.82) is 0 Å². The maximum atomic E-state index is 9.65. The predicted molar refractivity (Wildman–Crippen MR) is 68.1 cm³/mol. The summed E-state index contributed by atoms with van der Waals surface area (Å²) in [5.41, 5.74) is 0. The highest BCUT2D eigenvalue weighted by Crippen LogP contribution is 2.23. The lowest BCUT2D eigenvalue weighted by Crippen LogP contribution is -2.32. The number of aliphatic hydroxyl groups excluding tert-OH is 1. The van der Waals surface area contributed by atoms with Gasteiger partial charge in [-0.05, 0) is 18.8 Å². The fraction of sp³-hybridized carbons (Fsp3) is 1.00. The lowest BCUT2D eigenvalue weighted by molar-refractivity contribution is 0.0154. The van der Waals surface area contributed by atoms with E-state index in [4.69, 9.17) is 9.47 Å². The molecular formula is C13H27NO3. The highest BCUT2D eigenvalue weighted by Gasteiger charge is 2.14. The molecule has 0 aromatic rings. The van der Waals surface area contributed by atoms with Crippen molar-refractivity contribution < 1.29 is 14.6 Å². The molecule has 1 saturated carbocycles. The SMILES string of the molecule is COCCNCC(O)COCC1CCCCC1. The van der Waals surface area contributed by atoms with E-state index in [2.05, 4.69) is 5.32 Å². The monoisotopic (exact) mass is 245 g/mol. The van der Waals surface area contributed by atoms with Crippen LogP contribution >= 0.6 is 0 Å². The van der Waals surface area contributed by atoms with E-state index in [0.29, 0.717) is 19.8 Å². The number of hydrogen-bond acceptors (Lipinski definition) is 4. The third kappa shape index (κ3) is 7.71. The van der Waals surface area contributed by atoms with E-state index >= 15 is 0 Å². The first kappa shape index (κ1) is 14.9. The molecule has 17 heavy (non-hydrogen) atoms. The molecule has 0 bridgehead atoms. The third-order valence-corrected chi connectivity index (χ3v) is 3.25. The number of methoxy groups -OCH3 is 1. The van der Waals surface area contributed by atoms with Crippen molar-refractivity contribution in [3.05, 3.63) is 0 Å². The predicted octanol–water partition coefficient (Wildman–Crippen LogP) is 1.18. The second kappa shape index (κ2) is 9.83. The van der Waals surface area contributed by atoms with Crippen molar-refractivity contribution in [3.63, 3.8) is 0 Å². The molecular weight excluding hydrogens is 218 g/mol. The van der Waals surface area contributed by atoms with E-state index in [9.17, 15) is 5.11 Å². The van der Waals surface area contributed by atoms with Gasteiger partial charge in [0.2, 0.25) is 0 Å². The van der Waals surface area contributed by atoms with E-state index in [1.54, 1.807) is 7.11 Å². The zero-order chi connectivity index (χ0) is 12.3. The highest BCUT2D eigenvalue weighted by molar-refractivity contribution is 4.65. The van der Waals surface area contributed by atoms with Gasteiger partial charge in [0.05, 0.1) is 19.3 Å². The first-order valence-corrected chi connectivity index (χ1v) is 6.78. The Morgan fingerprint density at radius 2 is 2.06 bits per heavy atom. The van der Waals surface area contributed by atoms with Crippen molar-refractivity contribution in [3.8, 4) is 0 Å². The summed E-state index contributed by atoms with van der Waals surface area (Å²) in [6.07, 6.45) is 6.24. The molecule has 0 aromatic heterocycles. The van der Waals surface area contributed by atoms with E-state index in [1.807, 2.05) is 0 Å². The Hall–Kier alpha value is -0.160. The summed E-state index contributed by atoms with van der Waals surface area (Å²) < 4.78 is 10.5. The standard InChI is InChI=1S/C13H27NO3/c1-16-8-7-14-9-13(15)11-17-10-12-5-3-2-4-6-12/h12-15H,2-11H2,1H3. The van der Waals surface area contributed by atoms with Gasteiger partial charge in [-0.2, -0.15) is 0 Å². The van der Waals surface area contributed by atoms with Gasteiger partial charge in [-0.25, -0.2) is 0 Å². The zero-order valence-electron chi connectivity index (χ0n) is 11.0. The molecule has 0 spiro atoms. The quantitative estimate of drug-likeness (QED) is 0.599. The summed E-state index contributed by atoms with van der Waals surface area (Å²) in [5, 5.41) is 12.8. The van der Waals surface area contributed by atoms with E-state index in [1.165, 1.54) is 32.1 Å². The molecule has 4 heteroatoms. The smallest absolute Gasteiger partial charge is 0.0897 e. The molecule has 1 atom stereocenters. The van der Waals surface area contributed by atoms with Crippen LogP contribution < -0.4 is 5.32 Å². The largest absolute Gasteiger partial charge is 0.389 e. The van der Waals surface area contributed by atoms with E-state index in [-0.39, 0.29) is 0 Å². The molecule has 1 unspecified atom stereocenters. The second-order valence-electron chi connectivity index (χ2n) is 4.89. The van der Waals surface area contributed by atoms with Crippen LogP contribution in [0.3, 0.4) is 0 Å². The number of rotatable bonds is 9.